The maximum atomic E-state index is 12.4. The van der Waals surface area contributed by atoms with Gasteiger partial charge in [0.05, 0.1) is 6.07 Å². The van der Waals surface area contributed by atoms with Gasteiger partial charge in [-0.05, 0) is 12.5 Å². The number of nitrogens with two attached hydrogens (primary N) is 1. The van der Waals surface area contributed by atoms with Crippen molar-refractivity contribution in [1.82, 2.24) is 14.5 Å². The molecule has 3 N–H and O–H groups in total. The molecule has 2 aromatic rings. The number of nitrogens with zero attached hydrogens (tertiary/aromatic N) is 3. The second kappa shape index (κ2) is 7.95. The number of nitro groups is 1. The van der Waals surface area contributed by atoms with Crippen LogP contribution in [0.2, 0.25) is 0 Å². The number of hydrogen-bond donors (Lipinski definition) is 2. The molecule has 0 fully saturated rings. The predicted molar refractivity (Wildman–Crippen MR) is 99.8 cm³/mol. The smallest absolute Gasteiger partial charge is 0.395 e. The van der Waals surface area contributed by atoms with Gasteiger partial charge in [0.15, 0.2) is 5.76 Å². The molecule has 0 atom stereocenters. The lowest BCUT2D eigenvalue weighted by Crippen LogP contribution is -2.45. The number of anilines is 1. The fourth-order valence-electron chi connectivity index (χ4n) is 2.30. The molecule has 0 aliphatic carbocycles. The first-order valence-electron chi connectivity index (χ1n) is 7.88. The molecular weight excluding hydrogens is 378 g/mol. The highest BCUT2D eigenvalue weighted by Gasteiger charge is 2.23. The summed E-state index contributed by atoms with van der Waals surface area (Å²) in [7, 11) is 1.27. The lowest BCUT2D eigenvalue weighted by atomic mass is 10.2. The average Bonchev–Trinajstić information content (AvgIpc) is 3.10. The molecule has 11 nitrogen and oxygen atoms in total. The number of carbonyl (C=O) groups excluding carboxylic acids is 1. The van der Waals surface area contributed by atoms with Crippen molar-refractivity contribution >= 4 is 34.8 Å². The van der Waals surface area contributed by atoms with Crippen LogP contribution in [0.4, 0.5) is 11.7 Å². The van der Waals surface area contributed by atoms with Gasteiger partial charge >= 0.3 is 11.6 Å². The van der Waals surface area contributed by atoms with E-state index in [0.717, 1.165) is 23.1 Å². The summed E-state index contributed by atoms with van der Waals surface area (Å²) >= 11 is 5.09. The molecule has 27 heavy (non-hydrogen) atoms. The van der Waals surface area contributed by atoms with E-state index in [2.05, 4.69) is 5.32 Å². The van der Waals surface area contributed by atoms with Crippen LogP contribution < -0.4 is 22.3 Å². The Kier molecular flexibility index (Phi) is 5.90. The largest absolute Gasteiger partial charge is 0.433 e. The Morgan fingerprint density at radius 1 is 1.41 bits per heavy atom. The highest BCUT2D eigenvalue weighted by molar-refractivity contribution is 7.80. The van der Waals surface area contributed by atoms with Crippen LogP contribution in [0.1, 0.15) is 35.9 Å². The van der Waals surface area contributed by atoms with E-state index in [9.17, 15) is 24.5 Å². The van der Waals surface area contributed by atoms with Crippen molar-refractivity contribution in [2.75, 3.05) is 5.73 Å². The molecular formula is C15H17N5O6S. The zero-order valence-electron chi connectivity index (χ0n) is 14.6. The van der Waals surface area contributed by atoms with Crippen LogP contribution >= 0.6 is 12.2 Å². The van der Waals surface area contributed by atoms with Crippen LogP contribution in [0, 0.1) is 10.1 Å². The van der Waals surface area contributed by atoms with Gasteiger partial charge in [-0.15, -0.1) is 0 Å². The van der Waals surface area contributed by atoms with Crippen molar-refractivity contribution in [2.24, 2.45) is 7.05 Å². The molecule has 0 unspecified atom stereocenters. The normalized spacial score (nSPS) is 10.6. The minimum Gasteiger partial charge on any atom is -0.395 e. The number of thiocarbonyl (C=S) groups is 1. The van der Waals surface area contributed by atoms with Crippen LogP contribution in [0.3, 0.4) is 0 Å². The minimum atomic E-state index is -0.888. The molecule has 144 valence electrons. The predicted octanol–water partition coefficient (Wildman–Crippen LogP) is 0.536. The summed E-state index contributed by atoms with van der Waals surface area (Å²) in [6.07, 6.45) is 1.44. The summed E-state index contributed by atoms with van der Waals surface area (Å²) in [4.78, 5) is 46.3. The van der Waals surface area contributed by atoms with Gasteiger partial charge in [-0.25, -0.2) is 4.79 Å². The van der Waals surface area contributed by atoms with Crippen molar-refractivity contribution in [3.05, 3.63) is 54.4 Å². The van der Waals surface area contributed by atoms with Gasteiger partial charge in [0.25, 0.3) is 11.5 Å². The Bertz CT molecular complexity index is 1030. The van der Waals surface area contributed by atoms with E-state index in [1.165, 1.54) is 11.6 Å². The molecule has 0 saturated heterocycles. The van der Waals surface area contributed by atoms with Gasteiger partial charge in [0.1, 0.15) is 21.3 Å². The average molecular weight is 395 g/mol. The number of amides is 1. The van der Waals surface area contributed by atoms with Crippen LogP contribution in [-0.2, 0) is 13.6 Å². The van der Waals surface area contributed by atoms with Gasteiger partial charge in [0, 0.05) is 13.6 Å². The standard InChI is InChI=1S/C15H17N5O6S/c1-3-4-7-19-11(16)10(14(22)18(2)15(19)23)13(27)17-12(21)8-5-6-9(26-8)20(24)25/h5-6H,3-4,7,16H2,1-2H3,(H,17,21,27). The van der Waals surface area contributed by atoms with Crippen molar-refractivity contribution in [3.8, 4) is 0 Å². The van der Waals surface area contributed by atoms with Crippen LogP contribution in [0.15, 0.2) is 26.1 Å². The van der Waals surface area contributed by atoms with E-state index in [1.54, 1.807) is 0 Å². The van der Waals surface area contributed by atoms with Crippen molar-refractivity contribution < 1.29 is 14.1 Å². The molecule has 0 spiro atoms. The van der Waals surface area contributed by atoms with E-state index in [-0.39, 0.29) is 28.7 Å². The van der Waals surface area contributed by atoms with Gasteiger partial charge in [0.2, 0.25) is 0 Å². The first-order chi connectivity index (χ1) is 12.7. The molecule has 0 aliphatic heterocycles. The summed E-state index contributed by atoms with van der Waals surface area (Å²) in [6, 6.07) is 2.11. The molecule has 0 aliphatic rings. The van der Waals surface area contributed by atoms with Crippen LogP contribution in [-0.4, -0.2) is 25.0 Å². The van der Waals surface area contributed by atoms with Gasteiger partial charge in [-0.2, -0.15) is 0 Å². The van der Waals surface area contributed by atoms with E-state index < -0.39 is 28.0 Å². The van der Waals surface area contributed by atoms with E-state index in [0.29, 0.717) is 6.42 Å². The number of nitrogens with one attached hydrogen (secondary N) is 1. The molecule has 2 rings (SSSR count). The third-order valence-electron chi connectivity index (χ3n) is 3.77. The highest BCUT2D eigenvalue weighted by atomic mass is 32.1. The topological polar surface area (TPSA) is 155 Å². The number of unbranched alkanes of at least 4 members (excludes halogenated alkanes) is 1. The van der Waals surface area contributed by atoms with Gasteiger partial charge < -0.3 is 15.5 Å². The molecule has 2 heterocycles. The van der Waals surface area contributed by atoms with Crippen molar-refractivity contribution in [3.63, 3.8) is 0 Å². The Labute approximate surface area is 157 Å². The Hall–Kier alpha value is -3.28. The third kappa shape index (κ3) is 3.95. The minimum absolute atomic E-state index is 0.160. The zero-order valence-corrected chi connectivity index (χ0v) is 15.4. The zero-order chi connectivity index (χ0) is 20.3. The fourth-order valence-corrected chi connectivity index (χ4v) is 2.59. The first-order valence-corrected chi connectivity index (χ1v) is 8.29. The highest BCUT2D eigenvalue weighted by Crippen LogP contribution is 2.16. The maximum Gasteiger partial charge on any atom is 0.433 e. The molecule has 0 radical (unpaired) electrons. The monoisotopic (exact) mass is 395 g/mol. The van der Waals surface area contributed by atoms with Crippen LogP contribution in [0.25, 0.3) is 0 Å². The van der Waals surface area contributed by atoms with Crippen molar-refractivity contribution in [1.29, 1.82) is 0 Å². The van der Waals surface area contributed by atoms with E-state index in [1.807, 2.05) is 6.92 Å². The van der Waals surface area contributed by atoms with Crippen molar-refractivity contribution in [2.45, 2.75) is 26.3 Å². The summed E-state index contributed by atoms with van der Waals surface area (Å²) in [6.45, 7) is 2.21. The second-order valence-corrected chi connectivity index (χ2v) is 6.00. The Morgan fingerprint density at radius 2 is 2.07 bits per heavy atom. The SMILES string of the molecule is CCCCn1c(N)c(C(=S)NC(=O)c2ccc([N+](=O)[O-])o2)c(=O)n(C)c1=O. The van der Waals surface area contributed by atoms with E-state index >= 15 is 0 Å². The lowest BCUT2D eigenvalue weighted by molar-refractivity contribution is -0.402. The Morgan fingerprint density at radius 3 is 2.63 bits per heavy atom. The third-order valence-corrected chi connectivity index (χ3v) is 4.07. The maximum absolute atomic E-state index is 12.4. The number of aromatic nitrogens is 2. The van der Waals surface area contributed by atoms with E-state index in [4.69, 9.17) is 22.4 Å². The Balaban J connectivity index is 2.38. The molecule has 2 aromatic heterocycles. The number of rotatable bonds is 6. The lowest BCUT2D eigenvalue weighted by Gasteiger charge is -2.15. The molecule has 0 bridgehead atoms. The number of furan rings is 1. The number of hydrogen-bond acceptors (Lipinski definition) is 8. The molecule has 0 saturated carbocycles. The summed E-state index contributed by atoms with van der Waals surface area (Å²) in [5.74, 6) is -2.03. The fraction of sp³-hybridized carbons (Fsp3) is 0.333. The van der Waals surface area contributed by atoms with Gasteiger partial charge in [-0.1, -0.05) is 25.6 Å². The molecule has 12 heteroatoms. The summed E-state index contributed by atoms with van der Waals surface area (Å²) in [5.41, 5.74) is 4.39. The van der Waals surface area contributed by atoms with Crippen LogP contribution in [0.5, 0.6) is 0 Å². The second-order valence-electron chi connectivity index (χ2n) is 5.59. The molecule has 1 amide bonds. The number of carbonyl (C=O) groups is 1. The van der Waals surface area contributed by atoms with Gasteiger partial charge in [-0.3, -0.25) is 28.8 Å². The molecule has 0 aromatic carbocycles. The number of nitrogen functional groups attached to an aromatic ring is 1. The first kappa shape index (κ1) is 20.0. The quantitative estimate of drug-likeness (QED) is 0.408. The summed E-state index contributed by atoms with van der Waals surface area (Å²) < 4.78 is 6.83. The summed E-state index contributed by atoms with van der Waals surface area (Å²) in [5, 5.41) is 12.9.